The molecule has 4 atom stereocenters. The third-order valence-electron chi connectivity index (χ3n) is 5.42. The Morgan fingerprint density at radius 3 is 1.89 bits per heavy atom. The van der Waals surface area contributed by atoms with Crippen LogP contribution in [-0.2, 0) is 9.59 Å². The number of benzene rings is 1. The van der Waals surface area contributed by atoms with Crippen LogP contribution in [0.2, 0.25) is 0 Å². The first-order chi connectivity index (χ1) is 12.4. The van der Waals surface area contributed by atoms with Crippen LogP contribution in [0, 0.1) is 11.8 Å². The molecule has 10 heteroatoms. The highest BCUT2D eigenvalue weighted by atomic mass is 35.5. The van der Waals surface area contributed by atoms with E-state index >= 15 is 0 Å². The van der Waals surface area contributed by atoms with Crippen molar-refractivity contribution in [1.29, 1.82) is 0 Å². The van der Waals surface area contributed by atoms with Gasteiger partial charge in [-0.25, -0.2) is 4.90 Å². The summed E-state index contributed by atoms with van der Waals surface area (Å²) >= 11 is 38.6. The van der Waals surface area contributed by atoms with Crippen LogP contribution in [0.15, 0.2) is 34.3 Å². The van der Waals surface area contributed by atoms with E-state index in [1.807, 2.05) is 0 Å². The number of anilines is 1. The molecule has 1 saturated heterocycles. The Balaban J connectivity index is 1.89. The number of amides is 2. The Morgan fingerprint density at radius 2 is 1.44 bits per heavy atom. The largest absolute Gasteiger partial charge is 0.295 e. The second kappa shape index (κ2) is 5.78. The predicted molar refractivity (Wildman–Crippen MR) is 106 cm³/mol. The number of rotatable bonds is 2. The lowest BCUT2D eigenvalue weighted by Crippen LogP contribution is -2.50. The molecule has 27 heavy (non-hydrogen) atoms. The summed E-state index contributed by atoms with van der Waals surface area (Å²) in [5, 5.41) is -0.292. The molecule has 0 aromatic heterocycles. The summed E-state index contributed by atoms with van der Waals surface area (Å²) < 4.78 is -1.97. The number of carbonyl (C=O) groups is 3. The molecule has 4 rings (SSSR count). The lowest BCUT2D eigenvalue weighted by Gasteiger charge is -2.34. The van der Waals surface area contributed by atoms with Crippen molar-refractivity contribution in [3.8, 4) is 0 Å². The number of Topliss-reactive ketones (excluding diaryl/α,β-unsaturated/α-hetero) is 1. The highest BCUT2D eigenvalue weighted by molar-refractivity contribution is 6.67. The molecule has 4 nitrogen and oxygen atoms in total. The fraction of sp³-hybridized carbons (Fsp3) is 0.353. The van der Waals surface area contributed by atoms with E-state index in [2.05, 4.69) is 0 Å². The van der Waals surface area contributed by atoms with Crippen molar-refractivity contribution in [2.45, 2.75) is 21.0 Å². The van der Waals surface area contributed by atoms with Crippen molar-refractivity contribution in [3.63, 3.8) is 0 Å². The third kappa shape index (κ3) is 2.02. The van der Waals surface area contributed by atoms with E-state index in [0.29, 0.717) is 5.56 Å². The van der Waals surface area contributed by atoms with Crippen LogP contribution < -0.4 is 4.90 Å². The number of alkyl halides is 4. The van der Waals surface area contributed by atoms with Crippen LogP contribution in [0.4, 0.5) is 5.69 Å². The van der Waals surface area contributed by atoms with Gasteiger partial charge in [0.2, 0.25) is 11.8 Å². The molecule has 2 fully saturated rings. The highest BCUT2D eigenvalue weighted by Gasteiger charge is 2.87. The molecule has 2 bridgehead atoms. The number of imide groups is 1. The van der Waals surface area contributed by atoms with E-state index in [-0.39, 0.29) is 21.5 Å². The Labute approximate surface area is 184 Å². The summed E-state index contributed by atoms with van der Waals surface area (Å²) in [7, 11) is 0. The Bertz CT molecular complexity index is 929. The van der Waals surface area contributed by atoms with Crippen LogP contribution in [0.1, 0.15) is 17.3 Å². The van der Waals surface area contributed by atoms with E-state index in [0.717, 1.165) is 4.90 Å². The summed E-state index contributed by atoms with van der Waals surface area (Å²) in [6.07, 6.45) is 0. The van der Waals surface area contributed by atoms with Crippen LogP contribution >= 0.6 is 69.6 Å². The summed E-state index contributed by atoms with van der Waals surface area (Å²) in [6, 6.07) is 6.10. The van der Waals surface area contributed by atoms with Gasteiger partial charge in [0.25, 0.3) is 0 Å². The second-order valence-corrected chi connectivity index (χ2v) is 9.98. The second-order valence-electron chi connectivity index (χ2n) is 6.70. The number of halogens is 6. The SMILES string of the molecule is CC(=O)c1cccc(N2C(=O)[C@H]3[C@H](C2=O)[C@@]2(Cl)C(Cl)=C(Cl)[C@@]3(Cl)C2(Cl)Cl)c1. The van der Waals surface area contributed by atoms with Gasteiger partial charge in [0.05, 0.1) is 27.6 Å². The monoisotopic (exact) mass is 485 g/mol. The Morgan fingerprint density at radius 1 is 0.963 bits per heavy atom. The van der Waals surface area contributed by atoms with Crippen LogP contribution in [-0.4, -0.2) is 31.7 Å². The van der Waals surface area contributed by atoms with Gasteiger partial charge in [0.1, 0.15) is 9.75 Å². The van der Waals surface area contributed by atoms with Gasteiger partial charge in [0.15, 0.2) is 10.1 Å². The average molecular weight is 488 g/mol. The highest BCUT2D eigenvalue weighted by Crippen LogP contribution is 2.77. The first-order valence-corrected chi connectivity index (χ1v) is 9.99. The summed E-state index contributed by atoms with van der Waals surface area (Å²) in [4.78, 5) is 35.3. The van der Waals surface area contributed by atoms with Gasteiger partial charge in [-0.2, -0.15) is 0 Å². The summed E-state index contributed by atoms with van der Waals surface area (Å²) in [6.45, 7) is 1.38. The minimum Gasteiger partial charge on any atom is -0.295 e. The van der Waals surface area contributed by atoms with Crippen molar-refractivity contribution in [2.24, 2.45) is 11.8 Å². The average Bonchev–Trinajstić information content (AvgIpc) is 2.99. The molecule has 3 aliphatic rings. The maximum atomic E-state index is 13.2. The maximum Gasteiger partial charge on any atom is 0.240 e. The lowest BCUT2D eigenvalue weighted by atomic mass is 9.84. The molecule has 2 aliphatic carbocycles. The molecule has 1 aliphatic heterocycles. The summed E-state index contributed by atoms with van der Waals surface area (Å²) in [5.74, 6) is -3.93. The molecule has 1 aromatic rings. The van der Waals surface area contributed by atoms with Crippen LogP contribution in [0.5, 0.6) is 0 Å². The van der Waals surface area contributed by atoms with E-state index in [1.165, 1.54) is 19.1 Å². The minimum absolute atomic E-state index is 0.146. The van der Waals surface area contributed by atoms with Gasteiger partial charge >= 0.3 is 0 Å². The standard InChI is InChI=1S/C17H9Cl6NO3/c1-6(25)7-3-2-4-8(5-7)24-13(26)9-10(14(24)27)16(21)12(19)11(18)15(9,20)17(16,22)23/h2-5,9-10H,1H3/t9-,10-,15-,16-/m1/s1. The minimum atomic E-state index is -1.97. The normalized spacial score (nSPS) is 36.6. The molecular formula is C17H9Cl6NO3. The number of fused-ring (bicyclic) bond motifs is 5. The molecule has 1 aromatic carbocycles. The maximum absolute atomic E-state index is 13.2. The first-order valence-electron chi connectivity index (χ1n) is 7.73. The Hall–Kier alpha value is -0.490. The molecular weight excluding hydrogens is 479 g/mol. The molecule has 0 spiro atoms. The number of hydrogen-bond acceptors (Lipinski definition) is 3. The zero-order chi connectivity index (χ0) is 20.1. The van der Waals surface area contributed by atoms with E-state index < -0.39 is 37.7 Å². The molecule has 1 saturated carbocycles. The van der Waals surface area contributed by atoms with Gasteiger partial charge in [0, 0.05) is 5.56 Å². The van der Waals surface area contributed by atoms with Gasteiger partial charge < -0.3 is 0 Å². The number of ketones is 1. The molecule has 0 N–H and O–H groups in total. The number of nitrogens with zero attached hydrogens (tertiary/aromatic N) is 1. The van der Waals surface area contributed by atoms with E-state index in [1.54, 1.807) is 12.1 Å². The fourth-order valence-electron chi connectivity index (χ4n) is 4.11. The van der Waals surface area contributed by atoms with Crippen molar-refractivity contribution >= 4 is 92.9 Å². The van der Waals surface area contributed by atoms with Crippen molar-refractivity contribution in [1.82, 2.24) is 0 Å². The lowest BCUT2D eigenvalue weighted by molar-refractivity contribution is -0.123. The van der Waals surface area contributed by atoms with Gasteiger partial charge in [-0.05, 0) is 19.1 Å². The van der Waals surface area contributed by atoms with Gasteiger partial charge in [-0.15, -0.1) is 23.2 Å². The zero-order valence-corrected chi connectivity index (χ0v) is 17.9. The van der Waals surface area contributed by atoms with E-state index in [9.17, 15) is 14.4 Å². The molecule has 0 radical (unpaired) electrons. The molecule has 2 amide bonds. The molecule has 0 unspecified atom stereocenters. The van der Waals surface area contributed by atoms with Crippen LogP contribution in [0.3, 0.4) is 0 Å². The van der Waals surface area contributed by atoms with Crippen LogP contribution in [0.25, 0.3) is 0 Å². The fourth-order valence-corrected chi connectivity index (χ4v) is 7.04. The molecule has 142 valence electrons. The van der Waals surface area contributed by atoms with E-state index in [4.69, 9.17) is 69.6 Å². The third-order valence-corrected chi connectivity index (χ3v) is 9.68. The first kappa shape index (κ1) is 19.8. The van der Waals surface area contributed by atoms with Crippen molar-refractivity contribution in [3.05, 3.63) is 39.9 Å². The number of carbonyl (C=O) groups excluding carboxylic acids is 3. The smallest absolute Gasteiger partial charge is 0.240 e. The molecule has 1 heterocycles. The Kier molecular flexibility index (Phi) is 4.24. The van der Waals surface area contributed by atoms with Crippen molar-refractivity contribution in [2.75, 3.05) is 4.90 Å². The van der Waals surface area contributed by atoms with Gasteiger partial charge in [-0.1, -0.05) is 58.5 Å². The number of hydrogen-bond donors (Lipinski definition) is 0. The zero-order valence-electron chi connectivity index (χ0n) is 13.4. The summed E-state index contributed by atoms with van der Waals surface area (Å²) in [5.41, 5.74) is 0.557. The topological polar surface area (TPSA) is 54.5 Å². The van der Waals surface area contributed by atoms with Crippen molar-refractivity contribution < 1.29 is 14.4 Å². The van der Waals surface area contributed by atoms with Gasteiger partial charge in [-0.3, -0.25) is 14.4 Å². The predicted octanol–water partition coefficient (Wildman–Crippen LogP) is 4.84. The number of allylic oxidation sites excluding steroid dienone is 2. The quantitative estimate of drug-likeness (QED) is 0.341.